The van der Waals surface area contributed by atoms with Gasteiger partial charge in [0.05, 0.1) is 11.8 Å². The molecule has 1 N–H and O–H groups in total. The Labute approximate surface area is 178 Å². The third-order valence-corrected chi connectivity index (χ3v) is 5.13. The number of fused-ring (bicyclic) bond motifs is 1. The van der Waals surface area contributed by atoms with Crippen molar-refractivity contribution in [3.63, 3.8) is 0 Å². The fourth-order valence-corrected chi connectivity index (χ4v) is 3.46. The van der Waals surface area contributed by atoms with Crippen molar-refractivity contribution in [1.29, 1.82) is 0 Å². The van der Waals surface area contributed by atoms with E-state index in [9.17, 15) is 4.79 Å². The monoisotopic (exact) mass is 419 g/mol. The molecule has 0 saturated heterocycles. The molecule has 30 heavy (non-hydrogen) atoms. The molecule has 2 aromatic heterocycles. The smallest absolute Gasteiger partial charge is 0.345 e. The average molecular weight is 420 g/mol. The lowest BCUT2D eigenvalue weighted by atomic mass is 10.1. The van der Waals surface area contributed by atoms with E-state index in [1.807, 2.05) is 48.5 Å². The fourth-order valence-electron chi connectivity index (χ4n) is 3.28. The Kier molecular flexibility index (Phi) is 5.58. The molecule has 0 atom stereocenters. The van der Waals surface area contributed by atoms with E-state index < -0.39 is 5.63 Å². The number of hydrogen-bond acceptors (Lipinski definition) is 6. The zero-order chi connectivity index (χ0) is 21.1. The van der Waals surface area contributed by atoms with Crippen LogP contribution in [-0.4, -0.2) is 34.2 Å². The fraction of sp³-hybridized carbons (Fsp3) is 0.182. The maximum atomic E-state index is 12.5. The van der Waals surface area contributed by atoms with Gasteiger partial charge in [0.15, 0.2) is 5.82 Å². The molecular formula is C22H21N5O2S. The minimum absolute atomic E-state index is 0.333. The van der Waals surface area contributed by atoms with Crippen LogP contribution in [0.15, 0.2) is 68.9 Å². The first kappa shape index (κ1) is 19.8. The summed E-state index contributed by atoms with van der Waals surface area (Å²) < 4.78 is 7.37. The summed E-state index contributed by atoms with van der Waals surface area (Å²) >= 11 is 5.28. The van der Waals surface area contributed by atoms with Crippen molar-refractivity contribution in [2.24, 2.45) is 5.10 Å². The van der Waals surface area contributed by atoms with Crippen molar-refractivity contribution in [1.82, 2.24) is 14.9 Å². The molecule has 4 rings (SSSR count). The molecule has 0 bridgehead atoms. The summed E-state index contributed by atoms with van der Waals surface area (Å²) in [5.41, 5.74) is 2.30. The summed E-state index contributed by atoms with van der Waals surface area (Å²) in [6.45, 7) is 5.94. The number of benzene rings is 2. The molecule has 152 valence electrons. The quantitative estimate of drug-likeness (QED) is 0.284. The van der Waals surface area contributed by atoms with Gasteiger partial charge in [0, 0.05) is 35.8 Å². The van der Waals surface area contributed by atoms with Gasteiger partial charge in [-0.25, -0.2) is 9.89 Å². The largest absolute Gasteiger partial charge is 0.422 e. The van der Waals surface area contributed by atoms with Crippen LogP contribution in [-0.2, 0) is 0 Å². The molecule has 0 unspecified atom stereocenters. The van der Waals surface area contributed by atoms with E-state index in [1.54, 1.807) is 6.07 Å². The van der Waals surface area contributed by atoms with Gasteiger partial charge in [0.1, 0.15) is 5.58 Å². The number of aromatic nitrogens is 3. The normalized spacial score (nSPS) is 11.4. The highest BCUT2D eigenvalue weighted by atomic mass is 32.1. The van der Waals surface area contributed by atoms with E-state index in [0.717, 1.165) is 29.7 Å². The van der Waals surface area contributed by atoms with E-state index in [4.69, 9.17) is 16.6 Å². The Morgan fingerprint density at radius 2 is 1.93 bits per heavy atom. The number of hydrogen-bond donors (Lipinski definition) is 1. The summed E-state index contributed by atoms with van der Waals surface area (Å²) in [6.07, 6.45) is 1.45. The number of anilines is 1. The first-order chi connectivity index (χ1) is 14.6. The SMILES string of the molecule is CCN(CC)c1ccc2cc(/C=N/n3c(-c4ccccc4)n[nH]c3=S)c(=O)oc2c1. The van der Waals surface area contributed by atoms with E-state index in [2.05, 4.69) is 34.0 Å². The molecule has 2 aromatic carbocycles. The van der Waals surface area contributed by atoms with Crippen LogP contribution < -0.4 is 10.5 Å². The van der Waals surface area contributed by atoms with Gasteiger partial charge in [0.2, 0.25) is 4.77 Å². The van der Waals surface area contributed by atoms with Gasteiger partial charge in [-0.1, -0.05) is 30.3 Å². The van der Waals surface area contributed by atoms with Crippen molar-refractivity contribution in [2.45, 2.75) is 13.8 Å². The standard InChI is InChI=1S/C22H21N5O2S/c1-3-26(4-2)18-11-10-16-12-17(21(28)29-19(16)13-18)14-23-27-20(24-25-22(27)30)15-8-6-5-7-9-15/h5-14H,3-4H2,1-2H3,(H,25,30)/b23-14+. The Balaban J connectivity index is 1.72. The van der Waals surface area contributed by atoms with Crippen LogP contribution in [0.5, 0.6) is 0 Å². The molecule has 0 saturated carbocycles. The molecule has 2 heterocycles. The van der Waals surface area contributed by atoms with Crippen LogP contribution in [0.1, 0.15) is 19.4 Å². The molecule has 8 heteroatoms. The molecule has 0 aliphatic heterocycles. The molecule has 7 nitrogen and oxygen atoms in total. The molecule has 0 aliphatic carbocycles. The molecular weight excluding hydrogens is 398 g/mol. The number of rotatable bonds is 6. The molecule has 0 fully saturated rings. The van der Waals surface area contributed by atoms with Gasteiger partial charge in [-0.05, 0) is 44.3 Å². The Morgan fingerprint density at radius 1 is 1.17 bits per heavy atom. The second-order valence-corrected chi connectivity index (χ2v) is 7.05. The van der Waals surface area contributed by atoms with Gasteiger partial charge in [0.25, 0.3) is 0 Å². The van der Waals surface area contributed by atoms with Crippen LogP contribution in [0, 0.1) is 4.77 Å². The lowest BCUT2D eigenvalue weighted by Crippen LogP contribution is -2.21. The maximum absolute atomic E-state index is 12.5. The summed E-state index contributed by atoms with van der Waals surface area (Å²) in [5, 5.41) is 12.2. The zero-order valence-corrected chi connectivity index (χ0v) is 17.5. The highest BCUT2D eigenvalue weighted by Crippen LogP contribution is 2.22. The summed E-state index contributed by atoms with van der Waals surface area (Å²) in [5.74, 6) is 0.561. The van der Waals surface area contributed by atoms with Gasteiger partial charge in [-0.3, -0.25) is 0 Å². The minimum atomic E-state index is -0.459. The highest BCUT2D eigenvalue weighted by Gasteiger charge is 2.10. The molecule has 4 aromatic rings. The van der Waals surface area contributed by atoms with E-state index in [0.29, 0.717) is 21.7 Å². The maximum Gasteiger partial charge on any atom is 0.345 e. The lowest BCUT2D eigenvalue weighted by molar-refractivity contribution is 0.559. The van der Waals surface area contributed by atoms with Crippen molar-refractivity contribution >= 4 is 35.1 Å². The third-order valence-electron chi connectivity index (χ3n) is 4.87. The van der Waals surface area contributed by atoms with Crippen LogP contribution in [0.2, 0.25) is 0 Å². The Morgan fingerprint density at radius 3 is 2.67 bits per heavy atom. The van der Waals surface area contributed by atoms with Crippen LogP contribution in [0.25, 0.3) is 22.4 Å². The van der Waals surface area contributed by atoms with Crippen LogP contribution >= 0.6 is 12.2 Å². The molecule has 0 aliphatic rings. The van der Waals surface area contributed by atoms with Crippen molar-refractivity contribution < 1.29 is 4.42 Å². The van der Waals surface area contributed by atoms with Crippen LogP contribution in [0.3, 0.4) is 0 Å². The second-order valence-electron chi connectivity index (χ2n) is 6.66. The number of nitrogens with one attached hydrogen (secondary N) is 1. The van der Waals surface area contributed by atoms with Crippen molar-refractivity contribution in [3.8, 4) is 11.4 Å². The number of aromatic amines is 1. The summed E-state index contributed by atoms with van der Waals surface area (Å²) in [6, 6.07) is 17.2. The predicted molar refractivity (Wildman–Crippen MR) is 122 cm³/mol. The van der Waals surface area contributed by atoms with Crippen molar-refractivity contribution in [2.75, 3.05) is 18.0 Å². The Hall–Kier alpha value is -3.52. The topological polar surface area (TPSA) is 79.4 Å². The second kappa shape index (κ2) is 8.46. The number of nitrogens with zero attached hydrogens (tertiary/aromatic N) is 4. The summed E-state index contributed by atoms with van der Waals surface area (Å²) in [4.78, 5) is 14.7. The predicted octanol–water partition coefficient (Wildman–Crippen LogP) is 4.44. The number of H-pyrrole nitrogens is 1. The molecule has 0 amide bonds. The van der Waals surface area contributed by atoms with Crippen molar-refractivity contribution in [3.05, 3.63) is 75.4 Å². The zero-order valence-electron chi connectivity index (χ0n) is 16.7. The third kappa shape index (κ3) is 3.81. The Bertz CT molecular complexity index is 1320. The first-order valence-electron chi connectivity index (χ1n) is 9.70. The van der Waals surface area contributed by atoms with Gasteiger partial charge in [-0.15, -0.1) is 0 Å². The van der Waals surface area contributed by atoms with Crippen LogP contribution in [0.4, 0.5) is 5.69 Å². The minimum Gasteiger partial charge on any atom is -0.422 e. The van der Waals surface area contributed by atoms with Gasteiger partial charge < -0.3 is 9.32 Å². The average Bonchev–Trinajstić information content (AvgIpc) is 3.14. The molecule has 0 radical (unpaired) electrons. The van der Waals surface area contributed by atoms with Gasteiger partial charge >= 0.3 is 5.63 Å². The first-order valence-corrected chi connectivity index (χ1v) is 10.1. The lowest BCUT2D eigenvalue weighted by Gasteiger charge is -2.20. The van der Waals surface area contributed by atoms with Gasteiger partial charge in [-0.2, -0.15) is 14.9 Å². The molecule has 0 spiro atoms. The van der Waals surface area contributed by atoms with E-state index in [-0.39, 0.29) is 0 Å². The van der Waals surface area contributed by atoms with E-state index >= 15 is 0 Å². The highest BCUT2D eigenvalue weighted by molar-refractivity contribution is 7.71. The van der Waals surface area contributed by atoms with E-state index in [1.165, 1.54) is 10.9 Å². The summed E-state index contributed by atoms with van der Waals surface area (Å²) in [7, 11) is 0.